The Kier molecular flexibility index (Phi) is 11.2. The van der Waals surface area contributed by atoms with Gasteiger partial charge in [0.2, 0.25) is 11.8 Å². The largest absolute Gasteiger partial charge is 0.493 e. The summed E-state index contributed by atoms with van der Waals surface area (Å²) in [4.78, 5) is 28.1. The fourth-order valence-electron chi connectivity index (χ4n) is 2.97. The fourth-order valence-corrected chi connectivity index (χ4v) is 2.97. The molecule has 0 saturated carbocycles. The van der Waals surface area contributed by atoms with Crippen LogP contribution < -0.4 is 4.74 Å². The van der Waals surface area contributed by atoms with Gasteiger partial charge < -0.3 is 14.5 Å². The lowest BCUT2D eigenvalue weighted by Crippen LogP contribution is -2.33. The number of carbonyl (C=O) groups excluding carboxylic acids is 2. The first-order chi connectivity index (χ1) is 13.0. The quantitative estimate of drug-likeness (QED) is 0.488. The maximum absolute atomic E-state index is 12.2. The van der Waals surface area contributed by atoms with E-state index in [1.165, 1.54) is 0 Å². The Morgan fingerprint density at radius 3 is 2.19 bits per heavy atom. The van der Waals surface area contributed by atoms with Gasteiger partial charge in [0, 0.05) is 39.5 Å². The molecule has 1 rings (SSSR count). The van der Waals surface area contributed by atoms with Crippen LogP contribution in [0.3, 0.4) is 0 Å². The van der Waals surface area contributed by atoms with Crippen molar-refractivity contribution >= 4 is 11.8 Å². The number of ether oxygens (including phenoxy) is 1. The fraction of sp³-hybridized carbons (Fsp3) is 0.636. The highest BCUT2D eigenvalue weighted by Gasteiger charge is 2.14. The SMILES string of the molecule is CCCN(CCC)C(=O)CCCC(=O)N(C)CCCOc1ccccc1C. The summed E-state index contributed by atoms with van der Waals surface area (Å²) in [6, 6.07) is 7.93. The maximum atomic E-state index is 12.2. The molecule has 0 N–H and O–H groups in total. The molecule has 0 heterocycles. The molecule has 0 fully saturated rings. The third-order valence-electron chi connectivity index (χ3n) is 4.54. The zero-order valence-electron chi connectivity index (χ0n) is 17.5. The van der Waals surface area contributed by atoms with E-state index in [1.54, 1.807) is 4.90 Å². The molecule has 5 heteroatoms. The molecule has 0 aliphatic rings. The van der Waals surface area contributed by atoms with E-state index in [1.807, 2.05) is 43.1 Å². The van der Waals surface area contributed by atoms with Crippen LogP contribution in [0.15, 0.2) is 24.3 Å². The van der Waals surface area contributed by atoms with Crippen LogP contribution in [-0.4, -0.2) is 54.9 Å². The van der Waals surface area contributed by atoms with Crippen molar-refractivity contribution in [1.82, 2.24) is 9.80 Å². The van der Waals surface area contributed by atoms with Crippen LogP contribution in [0.2, 0.25) is 0 Å². The number of hydrogen-bond acceptors (Lipinski definition) is 3. The number of para-hydroxylation sites is 1. The normalized spacial score (nSPS) is 10.5. The second-order valence-electron chi connectivity index (χ2n) is 7.02. The van der Waals surface area contributed by atoms with Crippen LogP contribution in [-0.2, 0) is 9.59 Å². The molecule has 1 aromatic rings. The first-order valence-electron chi connectivity index (χ1n) is 10.2. The van der Waals surface area contributed by atoms with Crippen molar-refractivity contribution in [2.24, 2.45) is 0 Å². The monoisotopic (exact) mass is 376 g/mol. The van der Waals surface area contributed by atoms with Gasteiger partial charge in [0.05, 0.1) is 6.61 Å². The average Bonchev–Trinajstić information content (AvgIpc) is 2.65. The minimum atomic E-state index is 0.0937. The third kappa shape index (κ3) is 8.94. The molecule has 27 heavy (non-hydrogen) atoms. The standard InChI is InChI=1S/C22H36N2O3/c1-5-15-24(16-6-2)22(26)14-9-13-21(25)23(4)17-10-18-27-20-12-8-7-11-19(20)3/h7-8,11-12H,5-6,9-10,13-18H2,1-4H3. The van der Waals surface area contributed by atoms with Crippen LogP contribution in [0.1, 0.15) is 57.9 Å². The van der Waals surface area contributed by atoms with Gasteiger partial charge in [-0.25, -0.2) is 0 Å². The molecule has 0 atom stereocenters. The highest BCUT2D eigenvalue weighted by molar-refractivity contribution is 5.78. The lowest BCUT2D eigenvalue weighted by atomic mass is 10.2. The Morgan fingerprint density at radius 2 is 1.56 bits per heavy atom. The molecule has 0 spiro atoms. The first kappa shape index (κ1) is 23.0. The molecule has 0 saturated heterocycles. The summed E-state index contributed by atoms with van der Waals surface area (Å²) < 4.78 is 5.76. The Labute approximate surface area is 164 Å². The van der Waals surface area contributed by atoms with Gasteiger partial charge in [-0.2, -0.15) is 0 Å². The average molecular weight is 377 g/mol. The van der Waals surface area contributed by atoms with E-state index < -0.39 is 0 Å². The van der Waals surface area contributed by atoms with E-state index in [9.17, 15) is 9.59 Å². The van der Waals surface area contributed by atoms with Gasteiger partial charge in [0.15, 0.2) is 0 Å². The minimum absolute atomic E-state index is 0.0937. The number of hydrogen-bond donors (Lipinski definition) is 0. The molecule has 0 radical (unpaired) electrons. The molecule has 2 amide bonds. The number of aryl methyl sites for hydroxylation is 1. The minimum Gasteiger partial charge on any atom is -0.493 e. The van der Waals surface area contributed by atoms with Crippen molar-refractivity contribution < 1.29 is 14.3 Å². The second kappa shape index (κ2) is 13.2. The number of benzene rings is 1. The lowest BCUT2D eigenvalue weighted by Gasteiger charge is -2.22. The molecule has 152 valence electrons. The zero-order chi connectivity index (χ0) is 20.1. The number of nitrogens with zero attached hydrogens (tertiary/aromatic N) is 2. The summed E-state index contributed by atoms with van der Waals surface area (Å²) in [5.74, 6) is 1.16. The predicted octanol–water partition coefficient (Wildman–Crippen LogP) is 4.04. The van der Waals surface area contributed by atoms with E-state index >= 15 is 0 Å². The van der Waals surface area contributed by atoms with Crippen LogP contribution in [0.5, 0.6) is 5.75 Å². The topological polar surface area (TPSA) is 49.9 Å². The van der Waals surface area contributed by atoms with Crippen molar-refractivity contribution in [3.8, 4) is 5.75 Å². The van der Waals surface area contributed by atoms with E-state index in [2.05, 4.69) is 13.8 Å². The molecule has 1 aromatic carbocycles. The van der Waals surface area contributed by atoms with E-state index in [4.69, 9.17) is 4.74 Å². The number of carbonyl (C=O) groups is 2. The lowest BCUT2D eigenvalue weighted by molar-refractivity contribution is -0.132. The van der Waals surface area contributed by atoms with Gasteiger partial charge in [-0.05, 0) is 44.2 Å². The molecule has 0 aromatic heterocycles. The molecule has 0 bridgehead atoms. The van der Waals surface area contributed by atoms with Crippen LogP contribution in [0.4, 0.5) is 0 Å². The summed E-state index contributed by atoms with van der Waals surface area (Å²) in [6.07, 6.45) is 4.22. The number of amides is 2. The predicted molar refractivity (Wildman–Crippen MR) is 110 cm³/mol. The number of rotatable bonds is 13. The Bertz CT molecular complexity index is 568. The molecular formula is C22H36N2O3. The second-order valence-corrected chi connectivity index (χ2v) is 7.02. The van der Waals surface area contributed by atoms with Crippen molar-refractivity contribution in [3.63, 3.8) is 0 Å². The first-order valence-corrected chi connectivity index (χ1v) is 10.2. The smallest absolute Gasteiger partial charge is 0.222 e. The van der Waals surface area contributed by atoms with Gasteiger partial charge in [-0.1, -0.05) is 32.0 Å². The summed E-state index contributed by atoms with van der Waals surface area (Å²) in [6.45, 7) is 9.05. The van der Waals surface area contributed by atoms with Crippen LogP contribution >= 0.6 is 0 Å². The van der Waals surface area contributed by atoms with Gasteiger partial charge in [0.1, 0.15) is 5.75 Å². The Morgan fingerprint density at radius 1 is 0.926 bits per heavy atom. The van der Waals surface area contributed by atoms with Crippen molar-refractivity contribution in [1.29, 1.82) is 0 Å². The van der Waals surface area contributed by atoms with Gasteiger partial charge in [0.25, 0.3) is 0 Å². The third-order valence-corrected chi connectivity index (χ3v) is 4.54. The molecule has 0 aliphatic carbocycles. The molecular weight excluding hydrogens is 340 g/mol. The Hall–Kier alpha value is -2.04. The Balaban J connectivity index is 2.22. The summed E-state index contributed by atoms with van der Waals surface area (Å²) >= 11 is 0. The highest BCUT2D eigenvalue weighted by atomic mass is 16.5. The van der Waals surface area contributed by atoms with Crippen LogP contribution in [0, 0.1) is 6.92 Å². The van der Waals surface area contributed by atoms with E-state index in [-0.39, 0.29) is 11.8 Å². The highest BCUT2D eigenvalue weighted by Crippen LogP contribution is 2.16. The molecule has 5 nitrogen and oxygen atoms in total. The van der Waals surface area contributed by atoms with Crippen molar-refractivity contribution in [2.45, 2.75) is 59.3 Å². The maximum Gasteiger partial charge on any atom is 0.222 e. The van der Waals surface area contributed by atoms with Crippen molar-refractivity contribution in [2.75, 3.05) is 33.3 Å². The van der Waals surface area contributed by atoms with E-state index in [0.717, 1.165) is 43.7 Å². The van der Waals surface area contributed by atoms with Gasteiger partial charge in [-0.15, -0.1) is 0 Å². The van der Waals surface area contributed by atoms with E-state index in [0.29, 0.717) is 32.4 Å². The molecule has 0 aliphatic heterocycles. The van der Waals surface area contributed by atoms with Gasteiger partial charge in [-0.3, -0.25) is 9.59 Å². The summed E-state index contributed by atoms with van der Waals surface area (Å²) in [7, 11) is 1.82. The summed E-state index contributed by atoms with van der Waals surface area (Å²) in [5.41, 5.74) is 1.12. The zero-order valence-corrected chi connectivity index (χ0v) is 17.5. The molecule has 0 unspecified atom stereocenters. The van der Waals surface area contributed by atoms with Gasteiger partial charge >= 0.3 is 0 Å². The summed E-state index contributed by atoms with van der Waals surface area (Å²) in [5, 5.41) is 0. The van der Waals surface area contributed by atoms with Crippen LogP contribution in [0.25, 0.3) is 0 Å². The van der Waals surface area contributed by atoms with Crippen molar-refractivity contribution in [3.05, 3.63) is 29.8 Å².